The van der Waals surface area contributed by atoms with Crippen molar-refractivity contribution < 1.29 is 9.18 Å². The molecular weight excluding hydrogens is 267 g/mol. The Morgan fingerprint density at radius 1 is 1.24 bits per heavy atom. The van der Waals surface area contributed by atoms with Crippen molar-refractivity contribution in [3.63, 3.8) is 0 Å². The van der Waals surface area contributed by atoms with Crippen LogP contribution in [0.15, 0.2) is 24.3 Å². The van der Waals surface area contributed by atoms with Crippen molar-refractivity contribution in [3.8, 4) is 0 Å². The number of rotatable bonds is 9. The average molecular weight is 292 g/mol. The first-order valence-corrected chi connectivity index (χ1v) is 7.94. The summed E-state index contributed by atoms with van der Waals surface area (Å²) in [5, 5.41) is 0. The number of hydrogen-bond donors (Lipinski definition) is 1. The zero-order chi connectivity index (χ0) is 15.1. The molecule has 2 rings (SSSR count). The number of carbonyl (C=O) groups excluding carboxylic acids is 1. The van der Waals surface area contributed by atoms with Gasteiger partial charge in [-0.15, -0.1) is 0 Å². The van der Waals surface area contributed by atoms with E-state index >= 15 is 0 Å². The second-order valence-corrected chi connectivity index (χ2v) is 5.84. The third-order valence-corrected chi connectivity index (χ3v) is 3.89. The van der Waals surface area contributed by atoms with Gasteiger partial charge in [0.15, 0.2) is 0 Å². The number of halogens is 1. The van der Waals surface area contributed by atoms with Gasteiger partial charge in [0.05, 0.1) is 0 Å². The van der Waals surface area contributed by atoms with Crippen molar-refractivity contribution in [3.05, 3.63) is 35.6 Å². The van der Waals surface area contributed by atoms with Crippen molar-refractivity contribution in [1.29, 1.82) is 0 Å². The second-order valence-electron chi connectivity index (χ2n) is 5.84. The van der Waals surface area contributed by atoms with E-state index in [0.717, 1.165) is 50.6 Å². The second kappa shape index (κ2) is 8.13. The summed E-state index contributed by atoms with van der Waals surface area (Å²) < 4.78 is 13.2. The smallest absolute Gasteiger partial charge is 0.223 e. The van der Waals surface area contributed by atoms with E-state index in [0.29, 0.717) is 19.0 Å². The molecule has 1 amide bonds. The minimum atomic E-state index is -0.238. The average Bonchev–Trinajstić information content (AvgIpc) is 3.29. The third-order valence-electron chi connectivity index (χ3n) is 3.89. The van der Waals surface area contributed by atoms with Gasteiger partial charge in [0.2, 0.25) is 5.91 Å². The van der Waals surface area contributed by atoms with Crippen molar-refractivity contribution in [1.82, 2.24) is 4.90 Å². The van der Waals surface area contributed by atoms with Crippen molar-refractivity contribution >= 4 is 5.91 Å². The molecule has 1 aliphatic carbocycles. The number of benzene rings is 1. The summed E-state index contributed by atoms with van der Waals surface area (Å²) in [6.07, 6.45) is 6.85. The molecule has 0 saturated heterocycles. The van der Waals surface area contributed by atoms with Crippen LogP contribution in [0.2, 0.25) is 0 Å². The Morgan fingerprint density at radius 2 is 2.00 bits per heavy atom. The Labute approximate surface area is 126 Å². The van der Waals surface area contributed by atoms with E-state index in [9.17, 15) is 9.18 Å². The van der Waals surface area contributed by atoms with Crippen LogP contribution >= 0.6 is 0 Å². The minimum absolute atomic E-state index is 0.203. The topological polar surface area (TPSA) is 46.3 Å². The summed E-state index contributed by atoms with van der Waals surface area (Å²) in [4.78, 5) is 14.3. The number of nitrogens with two attached hydrogens (primary N) is 1. The van der Waals surface area contributed by atoms with E-state index in [1.165, 1.54) is 12.1 Å². The van der Waals surface area contributed by atoms with Gasteiger partial charge in [-0.05, 0) is 49.9 Å². The van der Waals surface area contributed by atoms with Gasteiger partial charge in [-0.2, -0.15) is 0 Å². The first kappa shape index (κ1) is 16.0. The summed E-state index contributed by atoms with van der Waals surface area (Å²) in [6, 6.07) is 6.90. The van der Waals surface area contributed by atoms with Crippen LogP contribution in [0.25, 0.3) is 0 Å². The minimum Gasteiger partial charge on any atom is -0.335 e. The maximum atomic E-state index is 13.2. The summed E-state index contributed by atoms with van der Waals surface area (Å²) in [5.74, 6) is -0.0352. The molecule has 1 saturated carbocycles. The van der Waals surface area contributed by atoms with Crippen LogP contribution in [-0.4, -0.2) is 23.4 Å². The lowest BCUT2D eigenvalue weighted by molar-refractivity contribution is -0.132. The van der Waals surface area contributed by atoms with Gasteiger partial charge in [0, 0.05) is 19.0 Å². The molecule has 0 heterocycles. The monoisotopic (exact) mass is 292 g/mol. The number of amides is 1. The highest BCUT2D eigenvalue weighted by Gasteiger charge is 2.32. The Hall–Kier alpha value is -1.42. The molecule has 4 heteroatoms. The summed E-state index contributed by atoms with van der Waals surface area (Å²) >= 11 is 0. The fourth-order valence-electron chi connectivity index (χ4n) is 2.56. The van der Waals surface area contributed by atoms with Crippen LogP contribution in [0, 0.1) is 5.82 Å². The molecule has 3 nitrogen and oxygen atoms in total. The van der Waals surface area contributed by atoms with Crippen LogP contribution in [0.1, 0.15) is 50.5 Å². The Bertz CT molecular complexity index is 460. The molecule has 116 valence electrons. The molecule has 0 spiro atoms. The maximum absolute atomic E-state index is 13.2. The van der Waals surface area contributed by atoms with Gasteiger partial charge < -0.3 is 10.6 Å². The van der Waals surface area contributed by atoms with Crippen molar-refractivity contribution in [2.45, 2.75) is 57.5 Å². The molecule has 0 aliphatic heterocycles. The molecule has 0 atom stereocenters. The number of unbranched alkanes of at least 4 members (excludes halogenated alkanes) is 3. The predicted molar refractivity (Wildman–Crippen MR) is 82.1 cm³/mol. The fourth-order valence-corrected chi connectivity index (χ4v) is 2.56. The molecule has 0 aromatic heterocycles. The van der Waals surface area contributed by atoms with Gasteiger partial charge in [-0.25, -0.2) is 4.39 Å². The lowest BCUT2D eigenvalue weighted by atomic mass is 10.1. The Kier molecular flexibility index (Phi) is 6.18. The summed E-state index contributed by atoms with van der Waals surface area (Å²) in [6.45, 7) is 1.26. The first-order chi connectivity index (χ1) is 10.2. The highest BCUT2D eigenvalue weighted by Crippen LogP contribution is 2.29. The summed E-state index contributed by atoms with van der Waals surface area (Å²) in [7, 11) is 0. The van der Waals surface area contributed by atoms with Gasteiger partial charge in [-0.3, -0.25) is 4.79 Å². The molecule has 1 aromatic rings. The molecule has 0 unspecified atom stereocenters. The SMILES string of the molecule is NCCCCCCC(=O)N(Cc1cccc(F)c1)C1CC1. The number of hydrogen-bond acceptors (Lipinski definition) is 2. The van der Waals surface area contributed by atoms with Gasteiger partial charge in [0.1, 0.15) is 5.82 Å². The largest absolute Gasteiger partial charge is 0.335 e. The van der Waals surface area contributed by atoms with Crippen LogP contribution in [-0.2, 0) is 11.3 Å². The van der Waals surface area contributed by atoms with E-state index in [2.05, 4.69) is 0 Å². The number of nitrogens with zero attached hydrogens (tertiary/aromatic N) is 1. The lowest BCUT2D eigenvalue weighted by Crippen LogP contribution is -2.32. The zero-order valence-corrected chi connectivity index (χ0v) is 12.6. The van der Waals surface area contributed by atoms with Crippen molar-refractivity contribution in [2.75, 3.05) is 6.54 Å². The predicted octanol–water partition coefficient (Wildman–Crippen LogP) is 3.23. The van der Waals surface area contributed by atoms with Crippen LogP contribution in [0.3, 0.4) is 0 Å². The Balaban J connectivity index is 1.82. The molecule has 0 radical (unpaired) electrons. The Morgan fingerprint density at radius 3 is 2.67 bits per heavy atom. The van der Waals surface area contributed by atoms with Crippen LogP contribution in [0.5, 0.6) is 0 Å². The van der Waals surface area contributed by atoms with Gasteiger partial charge in [0.25, 0.3) is 0 Å². The van der Waals surface area contributed by atoms with E-state index in [1.54, 1.807) is 6.07 Å². The molecule has 1 fully saturated rings. The highest BCUT2D eigenvalue weighted by molar-refractivity contribution is 5.76. The van der Waals surface area contributed by atoms with Gasteiger partial charge in [-0.1, -0.05) is 25.0 Å². The van der Waals surface area contributed by atoms with Gasteiger partial charge >= 0.3 is 0 Å². The normalized spacial score (nSPS) is 14.2. The van der Waals surface area contributed by atoms with Crippen LogP contribution < -0.4 is 5.73 Å². The summed E-state index contributed by atoms with van der Waals surface area (Å²) in [5.41, 5.74) is 6.33. The number of carbonyl (C=O) groups is 1. The zero-order valence-electron chi connectivity index (χ0n) is 12.6. The van der Waals surface area contributed by atoms with E-state index in [4.69, 9.17) is 5.73 Å². The first-order valence-electron chi connectivity index (χ1n) is 7.94. The van der Waals surface area contributed by atoms with E-state index in [1.807, 2.05) is 11.0 Å². The fraction of sp³-hybridized carbons (Fsp3) is 0.588. The lowest BCUT2D eigenvalue weighted by Gasteiger charge is -2.22. The van der Waals surface area contributed by atoms with E-state index < -0.39 is 0 Å². The maximum Gasteiger partial charge on any atom is 0.223 e. The van der Waals surface area contributed by atoms with Crippen LogP contribution in [0.4, 0.5) is 4.39 Å². The quantitative estimate of drug-likeness (QED) is 0.710. The molecule has 2 N–H and O–H groups in total. The molecule has 21 heavy (non-hydrogen) atoms. The molecular formula is C17H25FN2O. The molecule has 1 aromatic carbocycles. The van der Waals surface area contributed by atoms with Crippen molar-refractivity contribution in [2.24, 2.45) is 5.73 Å². The standard InChI is InChI=1S/C17H25FN2O/c18-15-7-5-6-14(12-15)13-20(16-9-10-16)17(21)8-3-1-2-4-11-19/h5-7,12,16H,1-4,8-11,13,19H2. The molecule has 0 bridgehead atoms. The highest BCUT2D eigenvalue weighted by atomic mass is 19.1. The molecule has 1 aliphatic rings. The van der Waals surface area contributed by atoms with E-state index in [-0.39, 0.29) is 11.7 Å². The third kappa shape index (κ3) is 5.46.